The van der Waals surface area contributed by atoms with E-state index in [0.29, 0.717) is 5.92 Å². The third kappa shape index (κ3) is 2.13. The normalized spacial score (nSPS) is 41.7. The van der Waals surface area contributed by atoms with Gasteiger partial charge < -0.3 is 5.11 Å². The molecule has 0 heterocycles. The highest BCUT2D eigenvalue weighted by molar-refractivity contribution is 5.05. The Morgan fingerprint density at radius 1 is 1.20 bits per heavy atom. The van der Waals surface area contributed by atoms with Gasteiger partial charge in [0.25, 0.3) is 0 Å². The molecule has 4 atom stereocenters. The fourth-order valence-electron chi connectivity index (χ4n) is 3.74. The molecule has 0 bridgehead atoms. The molecule has 1 nitrogen and oxygen atoms in total. The molecular formula is C14H24O. The van der Waals surface area contributed by atoms with Crippen LogP contribution in [0.2, 0.25) is 0 Å². The second-order valence-electron chi connectivity index (χ2n) is 5.87. The zero-order valence-corrected chi connectivity index (χ0v) is 10.1. The van der Waals surface area contributed by atoms with Crippen molar-refractivity contribution >= 4 is 0 Å². The Hall–Kier alpha value is -0.300. The van der Waals surface area contributed by atoms with E-state index in [1.165, 1.54) is 24.8 Å². The van der Waals surface area contributed by atoms with Gasteiger partial charge in [0.05, 0.1) is 6.10 Å². The summed E-state index contributed by atoms with van der Waals surface area (Å²) in [6.07, 6.45) is 5.66. The lowest BCUT2D eigenvalue weighted by molar-refractivity contribution is 0.0755. The maximum absolute atomic E-state index is 10.1. The van der Waals surface area contributed by atoms with Crippen molar-refractivity contribution in [2.45, 2.75) is 52.1 Å². The molecule has 2 fully saturated rings. The van der Waals surface area contributed by atoms with Gasteiger partial charge in [-0.1, -0.05) is 26.0 Å². The molecule has 2 rings (SSSR count). The minimum atomic E-state index is -0.0574. The van der Waals surface area contributed by atoms with Gasteiger partial charge in [-0.05, 0) is 55.8 Å². The maximum Gasteiger partial charge on any atom is 0.0574 e. The summed E-state index contributed by atoms with van der Waals surface area (Å²) in [7, 11) is 0. The van der Waals surface area contributed by atoms with E-state index in [1.807, 2.05) is 0 Å². The van der Waals surface area contributed by atoms with Crippen LogP contribution in [0.1, 0.15) is 46.0 Å². The molecule has 1 N–H and O–H groups in total. The van der Waals surface area contributed by atoms with Crippen molar-refractivity contribution in [2.75, 3.05) is 0 Å². The maximum atomic E-state index is 10.1. The summed E-state index contributed by atoms with van der Waals surface area (Å²) in [5.41, 5.74) is 1.37. The molecule has 0 aliphatic heterocycles. The lowest BCUT2D eigenvalue weighted by atomic mass is 9.79. The molecule has 2 aliphatic carbocycles. The van der Waals surface area contributed by atoms with Gasteiger partial charge in [-0.2, -0.15) is 0 Å². The average Bonchev–Trinajstić information content (AvgIpc) is 2.52. The van der Waals surface area contributed by atoms with Gasteiger partial charge in [0.2, 0.25) is 0 Å². The lowest BCUT2D eigenvalue weighted by Crippen LogP contribution is -2.26. The molecule has 0 spiro atoms. The molecule has 0 amide bonds. The van der Waals surface area contributed by atoms with Crippen molar-refractivity contribution in [3.8, 4) is 0 Å². The third-order valence-corrected chi connectivity index (χ3v) is 4.60. The summed E-state index contributed by atoms with van der Waals surface area (Å²) in [5, 5.41) is 10.1. The molecule has 0 aromatic rings. The molecule has 0 aromatic heterocycles. The molecule has 0 radical (unpaired) electrons. The SMILES string of the molecule is C=C1CCC(O)C2CCC(C(C)C)C2C1. The number of hydrogen-bond donors (Lipinski definition) is 1. The minimum absolute atomic E-state index is 0.0574. The average molecular weight is 208 g/mol. The largest absolute Gasteiger partial charge is 0.393 e. The second-order valence-corrected chi connectivity index (χ2v) is 5.87. The van der Waals surface area contributed by atoms with E-state index in [2.05, 4.69) is 20.4 Å². The van der Waals surface area contributed by atoms with Gasteiger partial charge >= 0.3 is 0 Å². The van der Waals surface area contributed by atoms with Crippen LogP contribution in [0.25, 0.3) is 0 Å². The number of aliphatic hydroxyl groups is 1. The van der Waals surface area contributed by atoms with E-state index >= 15 is 0 Å². The van der Waals surface area contributed by atoms with Gasteiger partial charge in [0.15, 0.2) is 0 Å². The van der Waals surface area contributed by atoms with Crippen LogP contribution >= 0.6 is 0 Å². The highest BCUT2D eigenvalue weighted by Crippen LogP contribution is 2.48. The summed E-state index contributed by atoms with van der Waals surface area (Å²) in [5.74, 6) is 2.87. The van der Waals surface area contributed by atoms with Crippen LogP contribution in [-0.4, -0.2) is 11.2 Å². The van der Waals surface area contributed by atoms with Crippen LogP contribution in [0.5, 0.6) is 0 Å². The molecule has 0 aromatic carbocycles. The van der Waals surface area contributed by atoms with Crippen LogP contribution in [0, 0.1) is 23.7 Å². The zero-order valence-electron chi connectivity index (χ0n) is 10.1. The fourth-order valence-corrected chi connectivity index (χ4v) is 3.74. The van der Waals surface area contributed by atoms with E-state index < -0.39 is 0 Å². The Balaban J connectivity index is 2.15. The summed E-state index contributed by atoms with van der Waals surface area (Å²) in [4.78, 5) is 0. The van der Waals surface area contributed by atoms with E-state index in [1.54, 1.807) is 0 Å². The molecule has 2 saturated carbocycles. The van der Waals surface area contributed by atoms with Crippen molar-refractivity contribution in [1.82, 2.24) is 0 Å². The quantitative estimate of drug-likeness (QED) is 0.655. The highest BCUT2D eigenvalue weighted by Gasteiger charge is 2.42. The standard InChI is InChI=1S/C14H24O/c1-9(2)11-5-6-12-13(11)8-10(3)4-7-14(12)15/h9,11-15H,3-8H2,1-2H3. The van der Waals surface area contributed by atoms with Crippen LogP contribution in [-0.2, 0) is 0 Å². The van der Waals surface area contributed by atoms with Gasteiger partial charge in [-0.3, -0.25) is 0 Å². The smallest absolute Gasteiger partial charge is 0.0574 e. The van der Waals surface area contributed by atoms with E-state index in [0.717, 1.165) is 30.6 Å². The minimum Gasteiger partial charge on any atom is -0.393 e. The summed E-state index contributed by atoms with van der Waals surface area (Å²) in [6, 6.07) is 0. The summed E-state index contributed by atoms with van der Waals surface area (Å²) < 4.78 is 0. The first-order valence-corrected chi connectivity index (χ1v) is 6.44. The van der Waals surface area contributed by atoms with Crippen LogP contribution in [0.4, 0.5) is 0 Å². The van der Waals surface area contributed by atoms with Crippen molar-refractivity contribution in [2.24, 2.45) is 23.7 Å². The van der Waals surface area contributed by atoms with Gasteiger partial charge in [-0.15, -0.1) is 0 Å². The number of fused-ring (bicyclic) bond motifs is 1. The fraction of sp³-hybridized carbons (Fsp3) is 0.857. The third-order valence-electron chi connectivity index (χ3n) is 4.60. The predicted octanol–water partition coefficient (Wildman–Crippen LogP) is 3.39. The Bertz CT molecular complexity index is 244. The van der Waals surface area contributed by atoms with E-state index in [9.17, 15) is 5.11 Å². The Labute approximate surface area is 93.6 Å². The molecule has 0 saturated heterocycles. The van der Waals surface area contributed by atoms with Gasteiger partial charge in [0, 0.05) is 0 Å². The number of rotatable bonds is 1. The molecule has 2 aliphatic rings. The predicted molar refractivity (Wildman–Crippen MR) is 63.5 cm³/mol. The Morgan fingerprint density at radius 3 is 2.60 bits per heavy atom. The van der Waals surface area contributed by atoms with Crippen LogP contribution in [0.15, 0.2) is 12.2 Å². The van der Waals surface area contributed by atoms with Crippen molar-refractivity contribution < 1.29 is 5.11 Å². The van der Waals surface area contributed by atoms with Crippen molar-refractivity contribution in [1.29, 1.82) is 0 Å². The van der Waals surface area contributed by atoms with Crippen molar-refractivity contribution in [3.05, 3.63) is 12.2 Å². The lowest BCUT2D eigenvalue weighted by Gasteiger charge is -2.27. The molecular weight excluding hydrogens is 184 g/mol. The Morgan fingerprint density at radius 2 is 1.93 bits per heavy atom. The second kappa shape index (κ2) is 4.29. The topological polar surface area (TPSA) is 20.2 Å². The van der Waals surface area contributed by atoms with E-state index in [-0.39, 0.29) is 6.10 Å². The van der Waals surface area contributed by atoms with Crippen LogP contribution < -0.4 is 0 Å². The number of aliphatic hydroxyl groups excluding tert-OH is 1. The summed E-state index contributed by atoms with van der Waals surface area (Å²) in [6.45, 7) is 8.80. The number of hydrogen-bond acceptors (Lipinski definition) is 1. The first-order valence-electron chi connectivity index (χ1n) is 6.44. The van der Waals surface area contributed by atoms with E-state index in [4.69, 9.17) is 0 Å². The first-order chi connectivity index (χ1) is 7.09. The number of allylic oxidation sites excluding steroid dienone is 1. The summed E-state index contributed by atoms with van der Waals surface area (Å²) >= 11 is 0. The molecule has 15 heavy (non-hydrogen) atoms. The molecule has 4 unspecified atom stereocenters. The van der Waals surface area contributed by atoms with Gasteiger partial charge in [0.1, 0.15) is 0 Å². The molecule has 1 heteroatoms. The van der Waals surface area contributed by atoms with Crippen LogP contribution in [0.3, 0.4) is 0 Å². The highest BCUT2D eigenvalue weighted by atomic mass is 16.3. The molecule has 86 valence electrons. The Kier molecular flexibility index (Phi) is 3.20. The van der Waals surface area contributed by atoms with Gasteiger partial charge in [-0.25, -0.2) is 0 Å². The monoisotopic (exact) mass is 208 g/mol. The van der Waals surface area contributed by atoms with Crippen molar-refractivity contribution in [3.63, 3.8) is 0 Å². The zero-order chi connectivity index (χ0) is 11.0. The first kappa shape index (κ1) is 11.2.